The molecule has 21 heavy (non-hydrogen) atoms. The summed E-state index contributed by atoms with van der Waals surface area (Å²) in [5, 5.41) is 11.7. The molecule has 1 rings (SSSR count). The third kappa shape index (κ3) is 7.66. The van der Waals surface area contributed by atoms with Crippen molar-refractivity contribution >= 4 is 29.3 Å². The van der Waals surface area contributed by atoms with Gasteiger partial charge < -0.3 is 10.4 Å². The second-order valence-electron chi connectivity index (χ2n) is 5.62. The van der Waals surface area contributed by atoms with Crippen LogP contribution < -0.4 is 5.32 Å². The molecule has 0 saturated carbocycles. The fraction of sp³-hybridized carbons (Fsp3) is 0.500. The Hall–Kier alpha value is -1.62. The predicted molar refractivity (Wildman–Crippen MR) is 86.3 cm³/mol. The molecule has 0 aliphatic heterocycles. The molecule has 0 saturated heterocycles. The summed E-state index contributed by atoms with van der Waals surface area (Å²) in [7, 11) is 0. The highest BCUT2D eigenvalue weighted by Gasteiger charge is 2.15. The van der Waals surface area contributed by atoms with Gasteiger partial charge in [-0.3, -0.25) is 9.59 Å². The van der Waals surface area contributed by atoms with E-state index in [1.54, 1.807) is 17.4 Å². The van der Waals surface area contributed by atoms with Gasteiger partial charge in [-0.2, -0.15) is 0 Å². The molecule has 1 atom stereocenters. The zero-order valence-corrected chi connectivity index (χ0v) is 13.6. The minimum absolute atomic E-state index is 0.0242. The van der Waals surface area contributed by atoms with Gasteiger partial charge in [0, 0.05) is 28.8 Å². The van der Waals surface area contributed by atoms with E-state index in [9.17, 15) is 9.59 Å². The maximum atomic E-state index is 11.8. The monoisotopic (exact) mass is 309 g/mol. The SMILES string of the molecule is Cc1ccc(C=CC(=O)NCC(CC(=O)O)CC(C)C)s1. The standard InChI is InChI=1S/C16H23NO3S/c1-11(2)8-13(9-16(19)20)10-17-15(18)7-6-14-5-4-12(3)21-14/h4-7,11,13H,8-10H2,1-3H3,(H,17,18)(H,19,20). The van der Waals surface area contributed by atoms with Crippen LogP contribution in [0.1, 0.15) is 36.4 Å². The third-order valence-electron chi connectivity index (χ3n) is 2.99. The number of carbonyl (C=O) groups is 2. The smallest absolute Gasteiger partial charge is 0.303 e. The lowest BCUT2D eigenvalue weighted by molar-refractivity contribution is -0.138. The molecule has 0 aliphatic carbocycles. The van der Waals surface area contributed by atoms with Crippen molar-refractivity contribution in [2.45, 2.75) is 33.6 Å². The van der Waals surface area contributed by atoms with Crippen molar-refractivity contribution in [3.8, 4) is 0 Å². The van der Waals surface area contributed by atoms with E-state index in [1.165, 1.54) is 11.0 Å². The molecule has 0 spiro atoms. The van der Waals surface area contributed by atoms with Crippen molar-refractivity contribution in [1.82, 2.24) is 5.32 Å². The Morgan fingerprint density at radius 1 is 1.38 bits per heavy atom. The van der Waals surface area contributed by atoms with Crippen molar-refractivity contribution < 1.29 is 14.7 Å². The Labute approximate surface area is 129 Å². The molecule has 1 unspecified atom stereocenters. The van der Waals surface area contributed by atoms with Gasteiger partial charge in [-0.1, -0.05) is 13.8 Å². The van der Waals surface area contributed by atoms with E-state index in [1.807, 2.05) is 19.1 Å². The first kappa shape index (κ1) is 17.4. The van der Waals surface area contributed by atoms with Crippen LogP contribution in [0.15, 0.2) is 18.2 Å². The number of hydrogen-bond acceptors (Lipinski definition) is 3. The molecule has 2 N–H and O–H groups in total. The number of aryl methyl sites for hydroxylation is 1. The normalized spacial score (nSPS) is 12.8. The maximum Gasteiger partial charge on any atom is 0.303 e. The second-order valence-corrected chi connectivity index (χ2v) is 6.94. The lowest BCUT2D eigenvalue weighted by Crippen LogP contribution is -2.29. The Morgan fingerprint density at radius 3 is 2.62 bits per heavy atom. The first-order valence-corrected chi connectivity index (χ1v) is 7.92. The van der Waals surface area contributed by atoms with Gasteiger partial charge in [-0.05, 0) is 43.4 Å². The van der Waals surface area contributed by atoms with Gasteiger partial charge in [0.2, 0.25) is 5.91 Å². The van der Waals surface area contributed by atoms with Crippen LogP contribution in [-0.2, 0) is 9.59 Å². The highest BCUT2D eigenvalue weighted by atomic mass is 32.1. The van der Waals surface area contributed by atoms with Gasteiger partial charge in [0.1, 0.15) is 0 Å². The van der Waals surface area contributed by atoms with Crippen molar-refractivity contribution in [3.05, 3.63) is 28.0 Å². The van der Waals surface area contributed by atoms with E-state index in [0.717, 1.165) is 11.3 Å². The zero-order chi connectivity index (χ0) is 15.8. The molecule has 1 aromatic rings. The summed E-state index contributed by atoms with van der Waals surface area (Å²) in [6.07, 6.45) is 4.16. The fourth-order valence-corrected chi connectivity index (χ4v) is 2.94. The molecule has 1 heterocycles. The second kappa shape index (κ2) is 8.62. The van der Waals surface area contributed by atoms with Crippen LogP contribution in [0.5, 0.6) is 0 Å². The Kier molecular flexibility index (Phi) is 7.15. The summed E-state index contributed by atoms with van der Waals surface area (Å²) in [5.74, 6) is -0.612. The molecule has 1 amide bonds. The van der Waals surface area contributed by atoms with Crippen molar-refractivity contribution in [2.75, 3.05) is 6.54 Å². The van der Waals surface area contributed by atoms with E-state index >= 15 is 0 Å². The van der Waals surface area contributed by atoms with Gasteiger partial charge in [0.25, 0.3) is 0 Å². The minimum Gasteiger partial charge on any atom is -0.481 e. The number of hydrogen-bond donors (Lipinski definition) is 2. The Balaban J connectivity index is 2.45. The summed E-state index contributed by atoms with van der Waals surface area (Å²) < 4.78 is 0. The molecule has 1 aromatic heterocycles. The number of nitrogens with one attached hydrogen (secondary N) is 1. The number of thiophene rings is 1. The summed E-state index contributed by atoms with van der Waals surface area (Å²) in [6.45, 7) is 6.52. The Bertz CT molecular complexity index is 505. The van der Waals surface area contributed by atoms with E-state index in [2.05, 4.69) is 19.2 Å². The van der Waals surface area contributed by atoms with E-state index in [4.69, 9.17) is 5.11 Å². The molecule has 0 aromatic carbocycles. The quantitative estimate of drug-likeness (QED) is 0.724. The number of rotatable bonds is 8. The number of carboxylic acid groups (broad SMARTS) is 1. The van der Waals surface area contributed by atoms with Gasteiger partial charge >= 0.3 is 5.97 Å². The molecule has 4 nitrogen and oxygen atoms in total. The number of carboxylic acids is 1. The van der Waals surface area contributed by atoms with E-state index in [0.29, 0.717) is 12.5 Å². The van der Waals surface area contributed by atoms with E-state index in [-0.39, 0.29) is 18.2 Å². The van der Waals surface area contributed by atoms with Gasteiger partial charge in [-0.15, -0.1) is 11.3 Å². The van der Waals surface area contributed by atoms with Crippen LogP contribution in [0.2, 0.25) is 0 Å². The average Bonchev–Trinajstić information content (AvgIpc) is 2.78. The Morgan fingerprint density at radius 2 is 2.10 bits per heavy atom. The van der Waals surface area contributed by atoms with Gasteiger partial charge in [0.15, 0.2) is 0 Å². The summed E-state index contributed by atoms with van der Waals surface area (Å²) >= 11 is 1.63. The molecular formula is C16H23NO3S. The largest absolute Gasteiger partial charge is 0.481 e. The number of aliphatic carboxylic acids is 1. The van der Waals surface area contributed by atoms with Crippen LogP contribution in [0.3, 0.4) is 0 Å². The summed E-state index contributed by atoms with van der Waals surface area (Å²) in [5.41, 5.74) is 0. The van der Waals surface area contributed by atoms with Crippen LogP contribution in [0.4, 0.5) is 0 Å². The molecule has 0 bridgehead atoms. The molecule has 0 fully saturated rings. The van der Waals surface area contributed by atoms with E-state index < -0.39 is 5.97 Å². The predicted octanol–water partition coefficient (Wildman–Crippen LogP) is 3.32. The number of amides is 1. The highest BCUT2D eigenvalue weighted by Crippen LogP contribution is 2.16. The molecule has 116 valence electrons. The number of carbonyl (C=O) groups excluding carboxylic acids is 1. The topological polar surface area (TPSA) is 66.4 Å². The molecule has 0 aliphatic rings. The minimum atomic E-state index is -0.820. The highest BCUT2D eigenvalue weighted by molar-refractivity contribution is 7.12. The first-order chi connectivity index (χ1) is 9.86. The van der Waals surface area contributed by atoms with Crippen molar-refractivity contribution in [1.29, 1.82) is 0 Å². The van der Waals surface area contributed by atoms with Gasteiger partial charge in [0.05, 0.1) is 0 Å². The summed E-state index contributed by atoms with van der Waals surface area (Å²) in [6, 6.07) is 3.98. The molecule has 0 radical (unpaired) electrons. The lowest BCUT2D eigenvalue weighted by Gasteiger charge is -2.17. The molecular weight excluding hydrogens is 286 g/mol. The lowest BCUT2D eigenvalue weighted by atomic mass is 9.94. The fourth-order valence-electron chi connectivity index (χ4n) is 2.16. The van der Waals surface area contributed by atoms with Crippen LogP contribution in [-0.4, -0.2) is 23.5 Å². The van der Waals surface area contributed by atoms with Crippen LogP contribution >= 0.6 is 11.3 Å². The van der Waals surface area contributed by atoms with Crippen LogP contribution in [0, 0.1) is 18.8 Å². The van der Waals surface area contributed by atoms with Crippen LogP contribution in [0.25, 0.3) is 6.08 Å². The first-order valence-electron chi connectivity index (χ1n) is 7.11. The van der Waals surface area contributed by atoms with Crippen molar-refractivity contribution in [2.24, 2.45) is 11.8 Å². The average molecular weight is 309 g/mol. The maximum absolute atomic E-state index is 11.8. The zero-order valence-electron chi connectivity index (χ0n) is 12.8. The van der Waals surface area contributed by atoms with Crippen molar-refractivity contribution in [3.63, 3.8) is 0 Å². The molecule has 5 heteroatoms. The third-order valence-corrected chi connectivity index (χ3v) is 3.96. The summed E-state index contributed by atoms with van der Waals surface area (Å²) in [4.78, 5) is 24.8. The van der Waals surface area contributed by atoms with Gasteiger partial charge in [-0.25, -0.2) is 0 Å².